The van der Waals surface area contributed by atoms with Crippen molar-refractivity contribution in [2.75, 3.05) is 18.4 Å². The molecule has 0 radical (unpaired) electrons. The molecule has 1 heterocycles. The lowest BCUT2D eigenvalue weighted by atomic mass is 9.91. The van der Waals surface area contributed by atoms with E-state index < -0.39 is 0 Å². The van der Waals surface area contributed by atoms with Crippen LogP contribution in [0.5, 0.6) is 0 Å². The number of nitrogens with one attached hydrogen (secondary N) is 1. The fraction of sp³-hybridized carbons (Fsp3) is 0.562. The van der Waals surface area contributed by atoms with Crippen LogP contribution in [-0.2, 0) is 11.3 Å². The molecule has 1 aromatic carbocycles. The van der Waals surface area contributed by atoms with Gasteiger partial charge in [0.25, 0.3) is 0 Å². The minimum Gasteiger partial charge on any atom is -0.328 e. The highest BCUT2D eigenvalue weighted by atomic mass is 35.5. The molecule has 0 saturated carbocycles. The third-order valence-corrected chi connectivity index (χ3v) is 4.06. The fourth-order valence-corrected chi connectivity index (χ4v) is 2.79. The van der Waals surface area contributed by atoms with Crippen molar-refractivity contribution < 1.29 is 4.79 Å². The first-order valence-electron chi connectivity index (χ1n) is 7.39. The number of hydrogen-bond acceptors (Lipinski definition) is 3. The highest BCUT2D eigenvalue weighted by Crippen LogP contribution is 2.21. The quantitative estimate of drug-likeness (QED) is 0.898. The molecular formula is C16H26ClN3O. The Kier molecular flexibility index (Phi) is 7.15. The van der Waals surface area contributed by atoms with E-state index in [4.69, 9.17) is 5.73 Å². The van der Waals surface area contributed by atoms with Crippen molar-refractivity contribution in [3.63, 3.8) is 0 Å². The van der Waals surface area contributed by atoms with E-state index in [1.807, 2.05) is 12.1 Å². The maximum atomic E-state index is 11.0. The smallest absolute Gasteiger partial charge is 0.221 e. The summed E-state index contributed by atoms with van der Waals surface area (Å²) < 4.78 is 0. The zero-order valence-electron chi connectivity index (χ0n) is 12.8. The van der Waals surface area contributed by atoms with E-state index in [2.05, 4.69) is 29.3 Å². The topological polar surface area (TPSA) is 58.4 Å². The summed E-state index contributed by atoms with van der Waals surface area (Å²) in [5, 5.41) is 2.79. The molecule has 1 fully saturated rings. The monoisotopic (exact) mass is 311 g/mol. The van der Waals surface area contributed by atoms with Gasteiger partial charge in [-0.15, -0.1) is 12.4 Å². The third kappa shape index (κ3) is 5.65. The molecular weight excluding hydrogens is 286 g/mol. The summed E-state index contributed by atoms with van der Waals surface area (Å²) in [6.07, 6.45) is 2.39. The molecule has 0 aliphatic carbocycles. The Hall–Kier alpha value is -1.10. The molecule has 0 aromatic heterocycles. The largest absolute Gasteiger partial charge is 0.328 e. The third-order valence-electron chi connectivity index (χ3n) is 4.06. The molecule has 1 aliphatic heterocycles. The zero-order valence-corrected chi connectivity index (χ0v) is 13.7. The maximum Gasteiger partial charge on any atom is 0.221 e. The fourth-order valence-electron chi connectivity index (χ4n) is 2.79. The highest BCUT2D eigenvalue weighted by molar-refractivity contribution is 5.88. The molecule has 21 heavy (non-hydrogen) atoms. The van der Waals surface area contributed by atoms with E-state index in [9.17, 15) is 4.79 Å². The molecule has 1 amide bonds. The Bertz CT molecular complexity index is 439. The first-order valence-corrected chi connectivity index (χ1v) is 7.39. The normalized spacial score (nSPS) is 17.9. The van der Waals surface area contributed by atoms with Crippen molar-refractivity contribution in [1.82, 2.24) is 4.90 Å². The summed E-state index contributed by atoms with van der Waals surface area (Å²) >= 11 is 0. The van der Waals surface area contributed by atoms with E-state index in [-0.39, 0.29) is 18.3 Å². The van der Waals surface area contributed by atoms with Gasteiger partial charge in [-0.2, -0.15) is 0 Å². The number of hydrogen-bond donors (Lipinski definition) is 2. The first kappa shape index (κ1) is 18.0. The minimum atomic E-state index is -0.0317. The van der Waals surface area contributed by atoms with E-state index in [0.29, 0.717) is 12.0 Å². The van der Waals surface area contributed by atoms with Crippen molar-refractivity contribution in [2.45, 2.75) is 39.3 Å². The van der Waals surface area contributed by atoms with Crippen LogP contribution in [0, 0.1) is 5.92 Å². The summed E-state index contributed by atoms with van der Waals surface area (Å²) in [5.74, 6) is 0.643. The second-order valence-electron chi connectivity index (χ2n) is 5.85. The number of nitrogens with zero attached hydrogens (tertiary/aromatic N) is 1. The lowest BCUT2D eigenvalue weighted by molar-refractivity contribution is -0.114. The Morgan fingerprint density at radius 2 is 1.90 bits per heavy atom. The number of amides is 1. The number of carbonyl (C=O) groups is 1. The van der Waals surface area contributed by atoms with Crippen molar-refractivity contribution >= 4 is 24.0 Å². The van der Waals surface area contributed by atoms with Crippen LogP contribution in [0.2, 0.25) is 0 Å². The predicted octanol–water partition coefficient (Wildman–Crippen LogP) is 2.63. The first-order chi connectivity index (χ1) is 9.54. The number of rotatable bonds is 4. The SMILES string of the molecule is CC(=O)Nc1ccc(CN2CCC(C(C)N)CC2)cc1.Cl. The van der Waals surface area contributed by atoms with Crippen LogP contribution in [0.3, 0.4) is 0 Å². The van der Waals surface area contributed by atoms with Crippen molar-refractivity contribution in [1.29, 1.82) is 0 Å². The van der Waals surface area contributed by atoms with Crippen molar-refractivity contribution in [3.8, 4) is 0 Å². The van der Waals surface area contributed by atoms with Gasteiger partial charge in [0, 0.05) is 25.2 Å². The Morgan fingerprint density at radius 1 is 1.33 bits per heavy atom. The van der Waals surface area contributed by atoms with E-state index in [0.717, 1.165) is 25.3 Å². The van der Waals surface area contributed by atoms with Gasteiger partial charge in [0.05, 0.1) is 0 Å². The number of likely N-dealkylation sites (tertiary alicyclic amines) is 1. The van der Waals surface area contributed by atoms with E-state index in [1.54, 1.807) is 0 Å². The molecule has 1 saturated heterocycles. The minimum absolute atomic E-state index is 0. The predicted molar refractivity (Wildman–Crippen MR) is 89.6 cm³/mol. The number of halogens is 1. The second kappa shape index (κ2) is 8.37. The molecule has 5 heteroatoms. The van der Waals surface area contributed by atoms with Crippen LogP contribution in [0.15, 0.2) is 24.3 Å². The molecule has 3 N–H and O–H groups in total. The molecule has 0 spiro atoms. The van der Waals surface area contributed by atoms with Gasteiger partial charge >= 0.3 is 0 Å². The Morgan fingerprint density at radius 3 is 2.38 bits per heavy atom. The Balaban J connectivity index is 0.00000220. The summed E-state index contributed by atoms with van der Waals surface area (Å²) in [6.45, 7) is 6.86. The van der Waals surface area contributed by atoms with Crippen LogP contribution in [0.1, 0.15) is 32.3 Å². The zero-order chi connectivity index (χ0) is 14.5. The Labute approximate surface area is 133 Å². The maximum absolute atomic E-state index is 11.0. The van der Waals surface area contributed by atoms with Gasteiger partial charge in [-0.05, 0) is 56.5 Å². The van der Waals surface area contributed by atoms with Crippen LogP contribution >= 0.6 is 12.4 Å². The number of anilines is 1. The van der Waals surface area contributed by atoms with Gasteiger partial charge in [-0.25, -0.2) is 0 Å². The molecule has 1 aromatic rings. The molecule has 4 nitrogen and oxygen atoms in total. The highest BCUT2D eigenvalue weighted by Gasteiger charge is 2.21. The summed E-state index contributed by atoms with van der Waals surface area (Å²) in [6, 6.07) is 8.41. The summed E-state index contributed by atoms with van der Waals surface area (Å²) in [4.78, 5) is 13.4. The van der Waals surface area contributed by atoms with Gasteiger partial charge in [-0.3, -0.25) is 9.69 Å². The van der Waals surface area contributed by atoms with Gasteiger partial charge in [0.15, 0.2) is 0 Å². The summed E-state index contributed by atoms with van der Waals surface area (Å²) in [5.41, 5.74) is 8.12. The van der Waals surface area contributed by atoms with Crippen molar-refractivity contribution in [2.24, 2.45) is 11.7 Å². The van der Waals surface area contributed by atoms with Gasteiger partial charge in [0.2, 0.25) is 5.91 Å². The van der Waals surface area contributed by atoms with Gasteiger partial charge in [0.1, 0.15) is 0 Å². The standard InChI is InChI=1S/C16H25N3O.ClH/c1-12(17)15-7-9-19(10-8-15)11-14-3-5-16(6-4-14)18-13(2)20;/h3-6,12,15H,7-11,17H2,1-2H3,(H,18,20);1H. The molecule has 0 bridgehead atoms. The number of benzene rings is 1. The number of nitrogens with two attached hydrogens (primary N) is 1. The molecule has 1 aliphatic rings. The lowest BCUT2D eigenvalue weighted by Crippen LogP contribution is -2.39. The summed E-state index contributed by atoms with van der Waals surface area (Å²) in [7, 11) is 0. The second-order valence-corrected chi connectivity index (χ2v) is 5.85. The lowest BCUT2D eigenvalue weighted by Gasteiger charge is -2.33. The number of piperidine rings is 1. The van der Waals surface area contributed by atoms with Crippen molar-refractivity contribution in [3.05, 3.63) is 29.8 Å². The van der Waals surface area contributed by atoms with Crippen LogP contribution in [0.25, 0.3) is 0 Å². The average molecular weight is 312 g/mol. The molecule has 1 unspecified atom stereocenters. The van der Waals surface area contributed by atoms with E-state index >= 15 is 0 Å². The number of carbonyl (C=O) groups excluding carboxylic acids is 1. The van der Waals surface area contributed by atoms with Crippen LogP contribution < -0.4 is 11.1 Å². The van der Waals surface area contributed by atoms with Crippen LogP contribution in [-0.4, -0.2) is 29.9 Å². The van der Waals surface area contributed by atoms with Crippen LogP contribution in [0.4, 0.5) is 5.69 Å². The molecule has 2 rings (SSSR count). The molecule has 118 valence electrons. The average Bonchev–Trinajstić information content (AvgIpc) is 2.41. The van der Waals surface area contributed by atoms with E-state index in [1.165, 1.54) is 25.3 Å². The molecule has 1 atom stereocenters. The van der Waals surface area contributed by atoms with Gasteiger partial charge in [-0.1, -0.05) is 12.1 Å². The van der Waals surface area contributed by atoms with Gasteiger partial charge < -0.3 is 11.1 Å².